The molecule has 0 aliphatic rings. The largest absolute Gasteiger partial charge is 0.314 e. The van der Waals surface area contributed by atoms with Gasteiger partial charge in [0, 0.05) is 31.0 Å². The fourth-order valence-corrected chi connectivity index (χ4v) is 1.66. The highest BCUT2D eigenvalue weighted by Gasteiger charge is 2.18. The van der Waals surface area contributed by atoms with E-state index in [0.29, 0.717) is 0 Å². The molecule has 0 spiro atoms. The van der Waals surface area contributed by atoms with E-state index in [2.05, 4.69) is 48.1 Å². The first-order chi connectivity index (χ1) is 7.57. The van der Waals surface area contributed by atoms with Gasteiger partial charge in [-0.25, -0.2) is 0 Å². The molecule has 0 fully saturated rings. The first kappa shape index (κ1) is 13.1. The van der Waals surface area contributed by atoms with Crippen LogP contribution in [-0.2, 0) is 6.54 Å². The number of likely N-dealkylation sites (N-methyl/N-ethyl adjacent to an activating group) is 2. The predicted molar refractivity (Wildman–Crippen MR) is 68.3 cm³/mol. The number of nitrogens with one attached hydrogen (secondary N) is 1. The van der Waals surface area contributed by atoms with Crippen molar-refractivity contribution in [2.45, 2.75) is 32.9 Å². The maximum atomic E-state index is 4.04. The average molecular weight is 221 g/mol. The Kier molecular flexibility index (Phi) is 4.90. The second-order valence-corrected chi connectivity index (χ2v) is 4.79. The SMILES string of the molecule is CCN(Cc1ccncc1)CC(C)(C)NC. The van der Waals surface area contributed by atoms with E-state index < -0.39 is 0 Å². The molecule has 90 valence electrons. The summed E-state index contributed by atoms with van der Waals surface area (Å²) in [5.74, 6) is 0. The van der Waals surface area contributed by atoms with Crippen molar-refractivity contribution in [1.29, 1.82) is 0 Å². The molecule has 0 aliphatic carbocycles. The van der Waals surface area contributed by atoms with Crippen LogP contribution >= 0.6 is 0 Å². The standard InChI is InChI=1S/C13H23N3/c1-5-16(11-13(2,3)14-4)10-12-6-8-15-9-7-12/h6-9,14H,5,10-11H2,1-4H3. The first-order valence-electron chi connectivity index (χ1n) is 5.87. The number of nitrogens with zero attached hydrogens (tertiary/aromatic N) is 2. The maximum Gasteiger partial charge on any atom is 0.0271 e. The summed E-state index contributed by atoms with van der Waals surface area (Å²) in [7, 11) is 2.01. The Hall–Kier alpha value is -0.930. The number of pyridine rings is 1. The third kappa shape index (κ3) is 4.29. The topological polar surface area (TPSA) is 28.2 Å². The summed E-state index contributed by atoms with van der Waals surface area (Å²) in [6.07, 6.45) is 3.71. The van der Waals surface area contributed by atoms with E-state index in [0.717, 1.165) is 19.6 Å². The van der Waals surface area contributed by atoms with Crippen molar-refractivity contribution >= 4 is 0 Å². The van der Waals surface area contributed by atoms with Crippen molar-refractivity contribution in [2.24, 2.45) is 0 Å². The lowest BCUT2D eigenvalue weighted by Crippen LogP contribution is -2.47. The Morgan fingerprint density at radius 3 is 2.44 bits per heavy atom. The Bertz CT molecular complexity index is 295. The highest BCUT2D eigenvalue weighted by Crippen LogP contribution is 2.09. The molecule has 1 heterocycles. The van der Waals surface area contributed by atoms with E-state index >= 15 is 0 Å². The van der Waals surface area contributed by atoms with Gasteiger partial charge in [-0.1, -0.05) is 6.92 Å². The van der Waals surface area contributed by atoms with Gasteiger partial charge in [0.15, 0.2) is 0 Å². The first-order valence-corrected chi connectivity index (χ1v) is 5.87. The molecule has 3 heteroatoms. The Labute approximate surface area is 98.9 Å². The summed E-state index contributed by atoms with van der Waals surface area (Å²) in [5.41, 5.74) is 1.48. The van der Waals surface area contributed by atoms with Crippen LogP contribution in [-0.4, -0.2) is 35.6 Å². The zero-order valence-corrected chi connectivity index (χ0v) is 10.8. The van der Waals surface area contributed by atoms with Crippen molar-refractivity contribution in [1.82, 2.24) is 15.2 Å². The molecule has 0 saturated carbocycles. The van der Waals surface area contributed by atoms with Gasteiger partial charge in [0.05, 0.1) is 0 Å². The molecule has 3 nitrogen and oxygen atoms in total. The Balaban J connectivity index is 2.56. The average Bonchev–Trinajstić information content (AvgIpc) is 2.29. The second kappa shape index (κ2) is 5.97. The van der Waals surface area contributed by atoms with E-state index in [1.54, 1.807) is 0 Å². The van der Waals surface area contributed by atoms with Gasteiger partial charge < -0.3 is 5.32 Å². The Morgan fingerprint density at radius 2 is 1.94 bits per heavy atom. The number of hydrogen-bond donors (Lipinski definition) is 1. The molecule has 0 atom stereocenters. The molecule has 1 N–H and O–H groups in total. The van der Waals surface area contributed by atoms with Crippen LogP contribution in [0, 0.1) is 0 Å². The van der Waals surface area contributed by atoms with Crippen molar-refractivity contribution in [2.75, 3.05) is 20.1 Å². The fourth-order valence-electron chi connectivity index (χ4n) is 1.66. The van der Waals surface area contributed by atoms with Crippen molar-refractivity contribution in [3.05, 3.63) is 30.1 Å². The van der Waals surface area contributed by atoms with Crippen molar-refractivity contribution < 1.29 is 0 Å². The summed E-state index contributed by atoms with van der Waals surface area (Å²) in [6, 6.07) is 4.16. The molecule has 0 radical (unpaired) electrons. The molecule has 0 bridgehead atoms. The molecular formula is C13H23N3. The summed E-state index contributed by atoms with van der Waals surface area (Å²) >= 11 is 0. The normalized spacial score (nSPS) is 12.1. The van der Waals surface area contributed by atoms with Crippen LogP contribution in [0.15, 0.2) is 24.5 Å². The van der Waals surface area contributed by atoms with E-state index in [-0.39, 0.29) is 5.54 Å². The minimum absolute atomic E-state index is 0.156. The highest BCUT2D eigenvalue weighted by atomic mass is 15.2. The summed E-state index contributed by atoms with van der Waals surface area (Å²) in [6.45, 7) is 9.75. The van der Waals surface area contributed by atoms with Crippen LogP contribution in [0.1, 0.15) is 26.3 Å². The fraction of sp³-hybridized carbons (Fsp3) is 0.615. The van der Waals surface area contributed by atoms with Crippen molar-refractivity contribution in [3.8, 4) is 0 Å². The van der Waals surface area contributed by atoms with Crippen LogP contribution in [0.25, 0.3) is 0 Å². The molecule has 0 aromatic carbocycles. The molecule has 16 heavy (non-hydrogen) atoms. The number of hydrogen-bond acceptors (Lipinski definition) is 3. The van der Waals surface area contributed by atoms with E-state index in [1.807, 2.05) is 19.4 Å². The van der Waals surface area contributed by atoms with E-state index in [1.165, 1.54) is 5.56 Å². The predicted octanol–water partition coefficient (Wildman–Crippen LogP) is 1.90. The maximum absolute atomic E-state index is 4.04. The van der Waals surface area contributed by atoms with Gasteiger partial charge in [-0.05, 0) is 45.1 Å². The number of rotatable bonds is 6. The van der Waals surface area contributed by atoms with Crippen LogP contribution < -0.4 is 5.32 Å². The lowest BCUT2D eigenvalue weighted by Gasteiger charge is -2.31. The second-order valence-electron chi connectivity index (χ2n) is 4.79. The summed E-state index contributed by atoms with van der Waals surface area (Å²) < 4.78 is 0. The van der Waals surface area contributed by atoms with Gasteiger partial charge in [-0.3, -0.25) is 9.88 Å². The molecule has 0 aliphatic heterocycles. The van der Waals surface area contributed by atoms with E-state index in [9.17, 15) is 0 Å². The highest BCUT2D eigenvalue weighted by molar-refractivity contribution is 5.09. The van der Waals surface area contributed by atoms with Gasteiger partial charge in [0.25, 0.3) is 0 Å². The summed E-state index contributed by atoms with van der Waals surface area (Å²) in [4.78, 5) is 6.47. The monoisotopic (exact) mass is 221 g/mol. The van der Waals surface area contributed by atoms with Gasteiger partial charge in [0.2, 0.25) is 0 Å². The third-order valence-corrected chi connectivity index (χ3v) is 2.90. The quantitative estimate of drug-likeness (QED) is 0.795. The van der Waals surface area contributed by atoms with Gasteiger partial charge in [0.1, 0.15) is 0 Å². The zero-order chi connectivity index (χ0) is 12.0. The van der Waals surface area contributed by atoms with Crippen LogP contribution in [0.5, 0.6) is 0 Å². The zero-order valence-electron chi connectivity index (χ0n) is 10.8. The molecule has 0 saturated heterocycles. The molecule has 0 unspecified atom stereocenters. The summed E-state index contributed by atoms with van der Waals surface area (Å²) in [5, 5.41) is 3.34. The van der Waals surface area contributed by atoms with Gasteiger partial charge in [-0.15, -0.1) is 0 Å². The van der Waals surface area contributed by atoms with Gasteiger partial charge in [-0.2, -0.15) is 0 Å². The Morgan fingerprint density at radius 1 is 1.31 bits per heavy atom. The molecular weight excluding hydrogens is 198 g/mol. The number of aromatic nitrogens is 1. The van der Waals surface area contributed by atoms with Crippen LogP contribution in [0.2, 0.25) is 0 Å². The van der Waals surface area contributed by atoms with Crippen LogP contribution in [0.3, 0.4) is 0 Å². The minimum Gasteiger partial charge on any atom is -0.314 e. The van der Waals surface area contributed by atoms with Crippen LogP contribution in [0.4, 0.5) is 0 Å². The lowest BCUT2D eigenvalue weighted by molar-refractivity contribution is 0.208. The molecule has 0 amide bonds. The van der Waals surface area contributed by atoms with E-state index in [4.69, 9.17) is 0 Å². The third-order valence-electron chi connectivity index (χ3n) is 2.90. The van der Waals surface area contributed by atoms with Crippen molar-refractivity contribution in [3.63, 3.8) is 0 Å². The molecule has 1 aromatic heterocycles. The minimum atomic E-state index is 0.156. The molecule has 1 rings (SSSR count). The lowest BCUT2D eigenvalue weighted by atomic mass is 10.1. The van der Waals surface area contributed by atoms with Gasteiger partial charge >= 0.3 is 0 Å². The smallest absolute Gasteiger partial charge is 0.0271 e. The molecule has 1 aromatic rings.